The normalized spacial score (nSPS) is 12.8. The van der Waals surface area contributed by atoms with Gasteiger partial charge >= 0.3 is 5.97 Å². The highest BCUT2D eigenvalue weighted by Crippen LogP contribution is 2.14. The van der Waals surface area contributed by atoms with E-state index < -0.39 is 21.3 Å². The third-order valence-corrected chi connectivity index (χ3v) is 4.26. The number of hydrogen-bond acceptors (Lipinski definition) is 5. The molecule has 0 saturated carbocycles. The molecule has 6 nitrogen and oxygen atoms in total. The van der Waals surface area contributed by atoms with Crippen LogP contribution in [0.4, 0.5) is 0 Å². The van der Waals surface area contributed by atoms with Gasteiger partial charge in [-0.05, 0) is 24.6 Å². The number of esters is 1. The topological polar surface area (TPSA) is 93.8 Å². The molecule has 118 valence electrons. The van der Waals surface area contributed by atoms with Crippen LogP contribution in [0.5, 0.6) is 0 Å². The van der Waals surface area contributed by atoms with E-state index in [9.17, 15) is 13.2 Å². The quantitative estimate of drug-likeness (QED) is 0.648. The Kier molecular flexibility index (Phi) is 4.99. The zero-order valence-corrected chi connectivity index (χ0v) is 12.7. The van der Waals surface area contributed by atoms with Crippen molar-refractivity contribution in [1.29, 1.82) is 0 Å². The summed E-state index contributed by atoms with van der Waals surface area (Å²) >= 11 is 0. The molecule has 0 fully saturated rings. The number of carbonyl (C=O) groups is 1. The van der Waals surface area contributed by atoms with Crippen molar-refractivity contribution in [3.8, 4) is 0 Å². The van der Waals surface area contributed by atoms with Gasteiger partial charge in [0.25, 0.3) is 10.1 Å². The van der Waals surface area contributed by atoms with Crippen LogP contribution in [-0.4, -0.2) is 24.2 Å². The molecule has 0 bridgehead atoms. The highest BCUT2D eigenvalue weighted by molar-refractivity contribution is 7.86. The first-order chi connectivity index (χ1) is 10.4. The lowest BCUT2D eigenvalue weighted by Gasteiger charge is -2.05. The summed E-state index contributed by atoms with van der Waals surface area (Å²) in [6, 6.07) is 12.1. The van der Waals surface area contributed by atoms with Gasteiger partial charge in [-0.1, -0.05) is 30.3 Å². The summed E-state index contributed by atoms with van der Waals surface area (Å²) in [5.41, 5.74) is 0.850. The molecule has 0 aliphatic rings. The van der Waals surface area contributed by atoms with Gasteiger partial charge in [-0.2, -0.15) is 8.42 Å². The largest absolute Gasteiger partial charge is 0.455 e. The molecule has 1 aromatic heterocycles. The molecule has 0 saturated heterocycles. The smallest absolute Gasteiger partial charge is 0.374 e. The average molecular weight is 324 g/mol. The highest BCUT2D eigenvalue weighted by Gasteiger charge is 2.21. The summed E-state index contributed by atoms with van der Waals surface area (Å²) in [7, 11) is -4.13. The molecular formula is C15H16O6S. The molecule has 0 aliphatic heterocycles. The van der Waals surface area contributed by atoms with Crippen molar-refractivity contribution in [2.45, 2.75) is 25.2 Å². The molecule has 1 heterocycles. The second-order valence-electron chi connectivity index (χ2n) is 4.86. The predicted molar refractivity (Wildman–Crippen MR) is 79.0 cm³/mol. The van der Waals surface area contributed by atoms with Crippen molar-refractivity contribution < 1.29 is 26.9 Å². The van der Waals surface area contributed by atoms with Gasteiger partial charge in [-0.3, -0.25) is 4.55 Å². The Labute approximate surface area is 128 Å². The molecule has 7 heteroatoms. The van der Waals surface area contributed by atoms with Crippen LogP contribution in [0.1, 0.15) is 28.8 Å². The van der Waals surface area contributed by atoms with Crippen LogP contribution in [0.2, 0.25) is 0 Å². The summed E-state index contributed by atoms with van der Waals surface area (Å²) in [4.78, 5) is 11.8. The Morgan fingerprint density at radius 3 is 2.55 bits per heavy atom. The lowest BCUT2D eigenvalue weighted by Crippen LogP contribution is -2.18. The van der Waals surface area contributed by atoms with Crippen LogP contribution in [0.25, 0.3) is 0 Å². The summed E-state index contributed by atoms with van der Waals surface area (Å²) in [5, 5.41) is -1.01. The minimum Gasteiger partial charge on any atom is -0.455 e. The molecule has 0 amide bonds. The van der Waals surface area contributed by atoms with Gasteiger partial charge < -0.3 is 9.15 Å². The Balaban J connectivity index is 1.94. The first-order valence-corrected chi connectivity index (χ1v) is 8.12. The fraction of sp³-hybridized carbons (Fsp3) is 0.267. The third-order valence-electron chi connectivity index (χ3n) is 3.07. The molecule has 1 aromatic carbocycles. The molecular weight excluding hydrogens is 308 g/mol. The lowest BCUT2D eigenvalue weighted by molar-refractivity contribution is 0.0434. The number of ether oxygens (including phenoxy) is 1. The molecule has 0 radical (unpaired) electrons. The predicted octanol–water partition coefficient (Wildman–Crippen LogP) is 2.46. The van der Waals surface area contributed by atoms with E-state index in [4.69, 9.17) is 13.7 Å². The maximum Gasteiger partial charge on any atom is 0.374 e. The van der Waals surface area contributed by atoms with Crippen LogP contribution in [0.15, 0.2) is 46.9 Å². The fourth-order valence-electron chi connectivity index (χ4n) is 1.78. The van der Waals surface area contributed by atoms with E-state index in [1.54, 1.807) is 0 Å². The van der Waals surface area contributed by atoms with Gasteiger partial charge in [0.05, 0.1) is 5.25 Å². The average Bonchev–Trinajstić information content (AvgIpc) is 2.93. The minimum absolute atomic E-state index is 0.00605. The number of rotatable bonds is 6. The van der Waals surface area contributed by atoms with Crippen LogP contribution >= 0.6 is 0 Å². The summed E-state index contributed by atoms with van der Waals surface area (Å²) < 4.78 is 41.2. The molecule has 2 rings (SSSR count). The Morgan fingerprint density at radius 2 is 1.91 bits per heavy atom. The minimum atomic E-state index is -4.13. The van der Waals surface area contributed by atoms with E-state index >= 15 is 0 Å². The molecule has 0 spiro atoms. The number of hydrogen-bond donors (Lipinski definition) is 1. The lowest BCUT2D eigenvalue weighted by atomic mass is 10.2. The van der Waals surface area contributed by atoms with E-state index in [2.05, 4.69) is 0 Å². The van der Waals surface area contributed by atoms with Crippen molar-refractivity contribution >= 4 is 16.1 Å². The van der Waals surface area contributed by atoms with Gasteiger partial charge in [0.15, 0.2) is 0 Å². The summed E-state index contributed by atoms with van der Waals surface area (Å²) in [6.45, 7) is 1.47. The maximum atomic E-state index is 11.8. The van der Waals surface area contributed by atoms with Crippen LogP contribution in [-0.2, 0) is 27.9 Å². The molecule has 1 unspecified atom stereocenters. The van der Waals surface area contributed by atoms with Gasteiger partial charge in [0.2, 0.25) is 5.76 Å². The number of carbonyl (C=O) groups excluding carboxylic acids is 1. The monoisotopic (exact) mass is 324 g/mol. The fourth-order valence-corrected chi connectivity index (χ4v) is 2.16. The number of furan rings is 1. The zero-order chi connectivity index (χ0) is 16.2. The highest BCUT2D eigenvalue weighted by atomic mass is 32.2. The molecule has 1 N–H and O–H groups in total. The second-order valence-corrected chi connectivity index (χ2v) is 6.69. The van der Waals surface area contributed by atoms with Crippen molar-refractivity contribution in [3.63, 3.8) is 0 Å². The van der Waals surface area contributed by atoms with Crippen molar-refractivity contribution in [2.75, 3.05) is 0 Å². The standard InChI is InChI=1S/C15H16O6S/c1-11(22(17,18)19)9-13-7-8-14(21-13)15(16)20-10-12-5-3-2-4-6-12/h2-8,11H,9-10H2,1H3,(H,17,18,19). The summed E-state index contributed by atoms with van der Waals surface area (Å²) in [6.07, 6.45) is -0.0230. The van der Waals surface area contributed by atoms with Crippen LogP contribution in [0.3, 0.4) is 0 Å². The molecule has 0 aliphatic carbocycles. The molecule has 2 aromatic rings. The molecule has 1 atom stereocenters. The number of benzene rings is 1. The first kappa shape index (κ1) is 16.3. The van der Waals surface area contributed by atoms with Crippen molar-refractivity contribution in [1.82, 2.24) is 0 Å². The van der Waals surface area contributed by atoms with Gasteiger partial charge in [-0.15, -0.1) is 0 Å². The van der Waals surface area contributed by atoms with E-state index in [0.29, 0.717) is 0 Å². The Hall–Kier alpha value is -2.12. The van der Waals surface area contributed by atoms with Crippen molar-refractivity contribution in [2.24, 2.45) is 0 Å². The van der Waals surface area contributed by atoms with E-state index in [-0.39, 0.29) is 24.5 Å². The first-order valence-electron chi connectivity index (χ1n) is 6.62. The summed E-state index contributed by atoms with van der Waals surface area (Å²) in [5.74, 6) is -0.347. The molecule has 22 heavy (non-hydrogen) atoms. The van der Waals surface area contributed by atoms with Gasteiger partial charge in [0.1, 0.15) is 12.4 Å². The van der Waals surface area contributed by atoms with Gasteiger partial charge in [0, 0.05) is 6.42 Å². The zero-order valence-electron chi connectivity index (χ0n) is 11.9. The second kappa shape index (κ2) is 6.76. The van der Waals surface area contributed by atoms with E-state index in [1.165, 1.54) is 19.1 Å². The van der Waals surface area contributed by atoms with E-state index in [1.807, 2.05) is 30.3 Å². The third kappa shape index (κ3) is 4.44. The van der Waals surface area contributed by atoms with Gasteiger partial charge in [-0.25, -0.2) is 4.79 Å². The Morgan fingerprint density at radius 1 is 1.23 bits per heavy atom. The Bertz CT molecular complexity index is 732. The van der Waals surface area contributed by atoms with Crippen LogP contribution < -0.4 is 0 Å². The maximum absolute atomic E-state index is 11.8. The van der Waals surface area contributed by atoms with Crippen LogP contribution in [0, 0.1) is 0 Å². The van der Waals surface area contributed by atoms with Crippen molar-refractivity contribution in [3.05, 3.63) is 59.5 Å². The van der Waals surface area contributed by atoms with E-state index in [0.717, 1.165) is 5.56 Å². The SMILES string of the molecule is CC(Cc1ccc(C(=O)OCc2ccccc2)o1)S(=O)(=O)O.